The van der Waals surface area contributed by atoms with Gasteiger partial charge in [-0.25, -0.2) is 8.42 Å². The second-order valence-corrected chi connectivity index (χ2v) is 6.50. The van der Waals surface area contributed by atoms with Crippen molar-refractivity contribution in [2.45, 2.75) is 6.92 Å². The predicted molar refractivity (Wildman–Crippen MR) is 75.6 cm³/mol. The van der Waals surface area contributed by atoms with E-state index in [9.17, 15) is 8.42 Å². The summed E-state index contributed by atoms with van der Waals surface area (Å²) in [5.41, 5.74) is 1.55. The van der Waals surface area contributed by atoms with E-state index in [1.165, 1.54) is 0 Å². The van der Waals surface area contributed by atoms with Gasteiger partial charge in [-0.15, -0.1) is 11.6 Å². The van der Waals surface area contributed by atoms with Gasteiger partial charge in [-0.3, -0.25) is 4.72 Å². The van der Waals surface area contributed by atoms with E-state index < -0.39 is 10.0 Å². The highest BCUT2D eigenvalue weighted by atomic mass is 35.5. The van der Waals surface area contributed by atoms with Crippen LogP contribution in [-0.2, 0) is 10.0 Å². The zero-order valence-corrected chi connectivity index (χ0v) is 11.6. The molecular formula is C12H15ClN2O2S. The first-order chi connectivity index (χ1) is 8.50. The van der Waals surface area contributed by atoms with E-state index >= 15 is 0 Å². The van der Waals surface area contributed by atoms with E-state index in [0.29, 0.717) is 11.6 Å². The maximum absolute atomic E-state index is 11.9. The van der Waals surface area contributed by atoms with Gasteiger partial charge in [-0.05, 0) is 30.2 Å². The molecule has 1 aromatic carbocycles. The molecule has 1 atom stereocenters. The minimum absolute atomic E-state index is 0.0294. The minimum Gasteiger partial charge on any atom is -0.361 e. The number of sulfonamides is 1. The van der Waals surface area contributed by atoms with Gasteiger partial charge in [0.1, 0.15) is 0 Å². The van der Waals surface area contributed by atoms with Gasteiger partial charge in [0.15, 0.2) is 0 Å². The first kappa shape index (κ1) is 13.2. The zero-order valence-electron chi connectivity index (χ0n) is 9.98. The van der Waals surface area contributed by atoms with Crippen LogP contribution in [0, 0.1) is 5.92 Å². The Morgan fingerprint density at radius 2 is 2.17 bits per heavy atom. The van der Waals surface area contributed by atoms with Crippen molar-refractivity contribution in [1.82, 2.24) is 4.98 Å². The number of benzene rings is 1. The Labute approximate surface area is 111 Å². The lowest BCUT2D eigenvalue weighted by atomic mass is 10.2. The van der Waals surface area contributed by atoms with E-state index in [0.717, 1.165) is 10.9 Å². The zero-order chi connectivity index (χ0) is 13.2. The summed E-state index contributed by atoms with van der Waals surface area (Å²) < 4.78 is 26.3. The highest BCUT2D eigenvalue weighted by molar-refractivity contribution is 7.92. The first-order valence-electron chi connectivity index (χ1n) is 5.64. The summed E-state index contributed by atoms with van der Waals surface area (Å²) in [5, 5.41) is 0.973. The summed E-state index contributed by atoms with van der Waals surface area (Å²) in [6.07, 6.45) is 1.82. The summed E-state index contributed by atoms with van der Waals surface area (Å²) in [6, 6.07) is 7.28. The van der Waals surface area contributed by atoms with Gasteiger partial charge in [0.25, 0.3) is 0 Å². The number of H-pyrrole nitrogens is 1. The summed E-state index contributed by atoms with van der Waals surface area (Å²) in [7, 11) is -3.34. The van der Waals surface area contributed by atoms with Crippen molar-refractivity contribution in [3.63, 3.8) is 0 Å². The maximum atomic E-state index is 11.9. The number of fused-ring (bicyclic) bond motifs is 1. The Bertz CT molecular complexity index is 636. The highest BCUT2D eigenvalue weighted by Crippen LogP contribution is 2.19. The predicted octanol–water partition coefficient (Wildman–Crippen LogP) is 2.78. The number of hydrogen-bond acceptors (Lipinski definition) is 2. The van der Waals surface area contributed by atoms with Gasteiger partial charge in [0.05, 0.1) is 5.75 Å². The summed E-state index contributed by atoms with van der Waals surface area (Å²) in [5.74, 6) is 0.291. The van der Waals surface area contributed by atoms with Gasteiger partial charge < -0.3 is 4.98 Å². The molecule has 0 aliphatic heterocycles. The molecule has 2 N–H and O–H groups in total. The molecule has 18 heavy (non-hydrogen) atoms. The third kappa shape index (κ3) is 3.17. The van der Waals surface area contributed by atoms with Crippen LogP contribution in [0.5, 0.6) is 0 Å². The number of aromatic nitrogens is 1. The smallest absolute Gasteiger partial charge is 0.233 e. The van der Waals surface area contributed by atoms with Gasteiger partial charge in [-0.2, -0.15) is 0 Å². The molecule has 0 aliphatic rings. The Hall–Kier alpha value is -1.20. The Morgan fingerprint density at radius 3 is 2.89 bits per heavy atom. The van der Waals surface area contributed by atoms with Gasteiger partial charge in [-0.1, -0.05) is 6.92 Å². The fourth-order valence-electron chi connectivity index (χ4n) is 1.76. The van der Waals surface area contributed by atoms with Crippen LogP contribution in [-0.4, -0.2) is 25.0 Å². The van der Waals surface area contributed by atoms with E-state index in [2.05, 4.69) is 9.71 Å². The molecule has 98 valence electrons. The van der Waals surface area contributed by atoms with Crippen LogP contribution in [0.4, 0.5) is 5.69 Å². The van der Waals surface area contributed by atoms with E-state index in [4.69, 9.17) is 11.6 Å². The molecule has 1 heterocycles. The third-order valence-electron chi connectivity index (χ3n) is 2.59. The number of nitrogens with one attached hydrogen (secondary N) is 2. The lowest BCUT2D eigenvalue weighted by Gasteiger charge is -2.11. The molecule has 0 radical (unpaired) electrons. The molecule has 0 fully saturated rings. The molecule has 2 rings (SSSR count). The molecule has 1 unspecified atom stereocenters. The van der Waals surface area contributed by atoms with Crippen molar-refractivity contribution in [3.8, 4) is 0 Å². The monoisotopic (exact) mass is 286 g/mol. The molecule has 0 saturated carbocycles. The number of halogens is 1. The number of alkyl halides is 1. The van der Waals surface area contributed by atoms with Crippen LogP contribution in [0.2, 0.25) is 0 Å². The van der Waals surface area contributed by atoms with Crippen molar-refractivity contribution in [2.75, 3.05) is 16.4 Å². The highest BCUT2D eigenvalue weighted by Gasteiger charge is 2.15. The Kier molecular flexibility index (Phi) is 3.82. The van der Waals surface area contributed by atoms with Crippen LogP contribution in [0.3, 0.4) is 0 Å². The summed E-state index contributed by atoms with van der Waals surface area (Å²) >= 11 is 5.63. The lowest BCUT2D eigenvalue weighted by Crippen LogP contribution is -2.22. The van der Waals surface area contributed by atoms with E-state index in [1.807, 2.05) is 25.3 Å². The van der Waals surface area contributed by atoms with E-state index in [-0.39, 0.29) is 11.7 Å². The van der Waals surface area contributed by atoms with Gasteiger partial charge in [0, 0.05) is 28.7 Å². The molecular weight excluding hydrogens is 272 g/mol. The van der Waals surface area contributed by atoms with Crippen molar-refractivity contribution >= 4 is 38.2 Å². The topological polar surface area (TPSA) is 62.0 Å². The van der Waals surface area contributed by atoms with Crippen LogP contribution in [0.1, 0.15) is 6.92 Å². The molecule has 4 nitrogen and oxygen atoms in total. The first-order valence-corrected chi connectivity index (χ1v) is 7.82. The summed E-state index contributed by atoms with van der Waals surface area (Å²) in [4.78, 5) is 3.06. The van der Waals surface area contributed by atoms with Crippen LogP contribution in [0.25, 0.3) is 10.9 Å². The Morgan fingerprint density at radius 1 is 1.39 bits per heavy atom. The average molecular weight is 287 g/mol. The van der Waals surface area contributed by atoms with Crippen molar-refractivity contribution in [2.24, 2.45) is 5.92 Å². The fourth-order valence-corrected chi connectivity index (χ4v) is 3.43. The van der Waals surface area contributed by atoms with Crippen LogP contribution in [0.15, 0.2) is 30.5 Å². The molecule has 0 aliphatic carbocycles. The molecule has 0 bridgehead atoms. The number of hydrogen-bond donors (Lipinski definition) is 2. The fraction of sp³-hybridized carbons (Fsp3) is 0.333. The second-order valence-electron chi connectivity index (χ2n) is 4.42. The molecule has 0 saturated heterocycles. The SMILES string of the molecule is CC(CCl)CS(=O)(=O)Nc1ccc2[nH]ccc2c1. The Balaban J connectivity index is 2.17. The number of aromatic amines is 1. The van der Waals surface area contributed by atoms with Gasteiger partial charge in [0.2, 0.25) is 10.0 Å². The standard InChI is InChI=1S/C12H15ClN2O2S/c1-9(7-13)8-18(16,17)15-11-2-3-12-10(6-11)4-5-14-12/h2-6,9,14-15H,7-8H2,1H3. The van der Waals surface area contributed by atoms with Crippen molar-refractivity contribution in [1.29, 1.82) is 0 Å². The summed E-state index contributed by atoms with van der Waals surface area (Å²) in [6.45, 7) is 1.81. The maximum Gasteiger partial charge on any atom is 0.233 e. The molecule has 6 heteroatoms. The number of rotatable bonds is 5. The molecule has 1 aromatic heterocycles. The normalized spacial score (nSPS) is 13.7. The molecule has 0 spiro atoms. The van der Waals surface area contributed by atoms with Crippen molar-refractivity contribution < 1.29 is 8.42 Å². The number of anilines is 1. The average Bonchev–Trinajstić information content (AvgIpc) is 2.74. The van der Waals surface area contributed by atoms with Crippen LogP contribution >= 0.6 is 11.6 Å². The van der Waals surface area contributed by atoms with E-state index in [1.54, 1.807) is 12.1 Å². The molecule has 2 aromatic rings. The third-order valence-corrected chi connectivity index (χ3v) is 4.68. The lowest BCUT2D eigenvalue weighted by molar-refractivity contribution is 0.588. The van der Waals surface area contributed by atoms with Crippen molar-refractivity contribution in [3.05, 3.63) is 30.5 Å². The van der Waals surface area contributed by atoms with Gasteiger partial charge >= 0.3 is 0 Å². The minimum atomic E-state index is -3.34. The second kappa shape index (κ2) is 5.20. The largest absolute Gasteiger partial charge is 0.361 e. The van der Waals surface area contributed by atoms with Crippen LogP contribution < -0.4 is 4.72 Å². The molecule has 0 amide bonds. The quantitative estimate of drug-likeness (QED) is 0.830.